The number of ether oxygens (including phenoxy) is 1. The predicted molar refractivity (Wildman–Crippen MR) is 225 cm³/mol. The lowest BCUT2D eigenvalue weighted by Gasteiger charge is -2.24. The highest BCUT2D eigenvalue weighted by atomic mass is 16.5. The van der Waals surface area contributed by atoms with Crippen molar-refractivity contribution in [2.45, 2.75) is 69.2 Å². The van der Waals surface area contributed by atoms with Crippen LogP contribution in [0, 0.1) is 13.8 Å². The fourth-order valence-electron chi connectivity index (χ4n) is 9.48. The van der Waals surface area contributed by atoms with Gasteiger partial charge >= 0.3 is 0 Å². The van der Waals surface area contributed by atoms with Gasteiger partial charge in [-0.05, 0) is 119 Å². The molecule has 1 aliphatic heterocycles. The monoisotopic (exact) mass is 754 g/mol. The summed E-state index contributed by atoms with van der Waals surface area (Å²) < 4.78 is 12.1. The second-order valence-corrected chi connectivity index (χ2v) is 16.4. The summed E-state index contributed by atoms with van der Waals surface area (Å²) in [6.07, 6.45) is 3.20. The molecular formula is C49H46N4O4. The number of furan rings is 1. The van der Waals surface area contributed by atoms with Crippen LogP contribution < -0.4 is 26.4 Å². The molecule has 57 heavy (non-hydrogen) atoms. The Balaban J connectivity index is 0.973. The molecule has 10 rings (SSSR count). The Bertz CT molecular complexity index is 2780. The zero-order chi connectivity index (χ0) is 39.1. The standard InChI is InChI=1S/C49H46N4O4/c1-28-19-34-22-36(27-51-3)57-45(34)23-39(28)46(54)52-48(16-17-48)41-12-7-10-31-20-32(14-15-38(31)41)43-25-49(43,42-13-6-9-30-8-4-5-11-37(30)42)53-47(55)40-24-44-33(18-29(40)2)21-35(26-50)56-44/h4-15,18-20,22-24,35,43,51H,16-17,21,25-27,50H2,1-3H3,(H,52,54)(H,53,55)/t35-,43?,49?/m0/s1. The van der Waals surface area contributed by atoms with Gasteiger partial charge in [-0.3, -0.25) is 9.59 Å². The molecule has 2 unspecified atom stereocenters. The van der Waals surface area contributed by atoms with Crippen LogP contribution >= 0.6 is 0 Å². The number of fused-ring (bicyclic) bond motifs is 4. The van der Waals surface area contributed by atoms with Gasteiger partial charge in [0.15, 0.2) is 0 Å². The van der Waals surface area contributed by atoms with Gasteiger partial charge in [-0.25, -0.2) is 0 Å². The summed E-state index contributed by atoms with van der Waals surface area (Å²) in [6.45, 7) is 5.04. The summed E-state index contributed by atoms with van der Waals surface area (Å²) in [5.41, 5.74) is 13.2. The Kier molecular flexibility index (Phi) is 8.29. The van der Waals surface area contributed by atoms with Gasteiger partial charge in [0, 0.05) is 35.4 Å². The van der Waals surface area contributed by atoms with Crippen LogP contribution in [0.25, 0.3) is 32.5 Å². The van der Waals surface area contributed by atoms with Crippen molar-refractivity contribution in [1.29, 1.82) is 0 Å². The van der Waals surface area contributed by atoms with E-state index in [0.29, 0.717) is 29.8 Å². The average Bonchev–Trinajstić information content (AvgIpc) is 4.06. The number of nitrogens with two attached hydrogens (primary N) is 1. The van der Waals surface area contributed by atoms with E-state index in [9.17, 15) is 9.59 Å². The first-order valence-electron chi connectivity index (χ1n) is 20.0. The Morgan fingerprint density at radius 3 is 2.28 bits per heavy atom. The van der Waals surface area contributed by atoms with Crippen molar-refractivity contribution < 1.29 is 18.7 Å². The molecule has 0 radical (unpaired) electrons. The van der Waals surface area contributed by atoms with E-state index < -0.39 is 11.1 Å². The number of rotatable bonds is 10. The molecule has 0 bridgehead atoms. The lowest BCUT2D eigenvalue weighted by atomic mass is 9.90. The molecular weight excluding hydrogens is 709 g/mol. The summed E-state index contributed by atoms with van der Waals surface area (Å²) in [5.74, 6) is 1.43. The van der Waals surface area contributed by atoms with Gasteiger partial charge in [0.1, 0.15) is 23.2 Å². The molecule has 8 heteroatoms. The highest BCUT2D eigenvalue weighted by Crippen LogP contribution is 2.60. The molecule has 2 heterocycles. The Morgan fingerprint density at radius 2 is 1.47 bits per heavy atom. The molecule has 1 aromatic heterocycles. The van der Waals surface area contributed by atoms with Gasteiger partial charge < -0.3 is 30.8 Å². The fraction of sp³-hybridized carbons (Fsp3) is 0.265. The Hall–Kier alpha value is -5.96. The van der Waals surface area contributed by atoms with Crippen molar-refractivity contribution in [1.82, 2.24) is 16.0 Å². The van der Waals surface area contributed by atoms with E-state index in [2.05, 4.69) is 101 Å². The predicted octanol–water partition coefficient (Wildman–Crippen LogP) is 8.57. The van der Waals surface area contributed by atoms with E-state index >= 15 is 0 Å². The molecule has 2 aliphatic carbocycles. The first-order valence-corrected chi connectivity index (χ1v) is 20.0. The summed E-state index contributed by atoms with van der Waals surface area (Å²) >= 11 is 0. The number of benzene rings is 6. The van der Waals surface area contributed by atoms with Crippen molar-refractivity contribution in [3.8, 4) is 5.75 Å². The molecule has 7 aromatic rings. The second kappa shape index (κ2) is 13.3. The SMILES string of the molecule is CNCc1cc2cc(C)c(C(=O)NC3(c4cccc5cc(C6CC6(NC(=O)c6cc7c(cc6C)C[C@@H](CN)O7)c6cccc7ccccc67)ccc45)CC3)cc2o1. The molecule has 8 nitrogen and oxygen atoms in total. The number of amides is 2. The molecule has 3 aliphatic rings. The molecule has 2 saturated carbocycles. The summed E-state index contributed by atoms with van der Waals surface area (Å²) in [7, 11) is 1.89. The smallest absolute Gasteiger partial charge is 0.252 e. The first kappa shape index (κ1) is 35.5. The maximum Gasteiger partial charge on any atom is 0.252 e. The highest BCUT2D eigenvalue weighted by molar-refractivity contribution is 6.01. The molecule has 3 atom stereocenters. The van der Waals surface area contributed by atoms with Gasteiger partial charge in [-0.1, -0.05) is 84.9 Å². The van der Waals surface area contributed by atoms with E-state index in [4.69, 9.17) is 14.9 Å². The van der Waals surface area contributed by atoms with Crippen LogP contribution in [-0.4, -0.2) is 31.5 Å². The fourth-order valence-corrected chi connectivity index (χ4v) is 9.48. The summed E-state index contributed by atoms with van der Waals surface area (Å²) in [4.78, 5) is 28.3. The van der Waals surface area contributed by atoms with E-state index in [1.807, 2.05) is 45.2 Å². The highest BCUT2D eigenvalue weighted by Gasteiger charge is 2.58. The van der Waals surface area contributed by atoms with Gasteiger partial charge in [0.25, 0.3) is 11.8 Å². The zero-order valence-electron chi connectivity index (χ0n) is 32.5. The van der Waals surface area contributed by atoms with Crippen molar-refractivity contribution >= 4 is 44.3 Å². The second-order valence-electron chi connectivity index (χ2n) is 16.4. The maximum atomic E-state index is 14.4. The number of hydrogen-bond donors (Lipinski definition) is 4. The molecule has 5 N–H and O–H groups in total. The third-order valence-electron chi connectivity index (χ3n) is 12.7. The van der Waals surface area contributed by atoms with E-state index in [1.54, 1.807) is 0 Å². The van der Waals surface area contributed by atoms with Crippen LogP contribution in [0.2, 0.25) is 0 Å². The van der Waals surface area contributed by atoms with E-state index in [1.165, 1.54) is 5.56 Å². The number of hydrogen-bond acceptors (Lipinski definition) is 6. The third kappa shape index (κ3) is 5.97. The minimum atomic E-state index is -0.609. The Labute approximate surface area is 331 Å². The molecule has 0 spiro atoms. The van der Waals surface area contributed by atoms with Crippen molar-refractivity contribution in [3.63, 3.8) is 0 Å². The lowest BCUT2D eigenvalue weighted by Crippen LogP contribution is -2.37. The Morgan fingerprint density at radius 1 is 0.754 bits per heavy atom. The molecule has 2 fully saturated rings. The molecule has 286 valence electrons. The van der Waals surface area contributed by atoms with Gasteiger partial charge in [0.05, 0.1) is 17.6 Å². The molecule has 0 saturated heterocycles. The van der Waals surface area contributed by atoms with Gasteiger partial charge in [-0.2, -0.15) is 0 Å². The first-order chi connectivity index (χ1) is 27.7. The molecule has 6 aromatic carbocycles. The number of nitrogens with one attached hydrogen (secondary N) is 3. The quantitative estimate of drug-likeness (QED) is 0.111. The normalized spacial score (nSPS) is 20.4. The largest absolute Gasteiger partial charge is 0.488 e. The lowest BCUT2D eigenvalue weighted by molar-refractivity contribution is 0.0920. The zero-order valence-corrected chi connectivity index (χ0v) is 32.5. The topological polar surface area (TPSA) is 119 Å². The number of carbonyl (C=O) groups excluding carboxylic acids is 2. The minimum absolute atomic E-state index is 0.0515. The van der Waals surface area contributed by atoms with Crippen LogP contribution in [0.1, 0.15) is 85.0 Å². The average molecular weight is 755 g/mol. The van der Waals surface area contributed by atoms with Crippen LogP contribution in [0.4, 0.5) is 0 Å². The summed E-state index contributed by atoms with van der Waals surface area (Å²) in [6, 6.07) is 37.8. The van der Waals surface area contributed by atoms with Crippen LogP contribution in [0.15, 0.2) is 114 Å². The number of aryl methyl sites for hydroxylation is 2. The van der Waals surface area contributed by atoms with Crippen LogP contribution in [-0.2, 0) is 24.0 Å². The van der Waals surface area contributed by atoms with Gasteiger partial charge in [0.2, 0.25) is 0 Å². The van der Waals surface area contributed by atoms with Crippen LogP contribution in [0.3, 0.4) is 0 Å². The van der Waals surface area contributed by atoms with Crippen molar-refractivity contribution in [2.75, 3.05) is 13.6 Å². The third-order valence-corrected chi connectivity index (χ3v) is 12.7. The van der Waals surface area contributed by atoms with Crippen molar-refractivity contribution in [2.24, 2.45) is 5.73 Å². The van der Waals surface area contributed by atoms with Crippen molar-refractivity contribution in [3.05, 3.63) is 159 Å². The van der Waals surface area contributed by atoms with Crippen LogP contribution in [0.5, 0.6) is 5.75 Å². The molecule has 2 amide bonds. The van der Waals surface area contributed by atoms with Gasteiger partial charge in [-0.15, -0.1) is 0 Å². The maximum absolute atomic E-state index is 14.4. The minimum Gasteiger partial charge on any atom is -0.488 e. The number of carbonyl (C=O) groups is 2. The van der Waals surface area contributed by atoms with E-state index in [-0.39, 0.29) is 23.8 Å². The van der Waals surface area contributed by atoms with E-state index in [0.717, 1.165) is 91.9 Å². The summed E-state index contributed by atoms with van der Waals surface area (Å²) in [5, 5.41) is 15.6.